The van der Waals surface area contributed by atoms with Crippen LogP contribution in [0.2, 0.25) is 0 Å². The van der Waals surface area contributed by atoms with Gasteiger partial charge in [0.05, 0.1) is 6.10 Å². The molecular weight excluding hydrogens is 566 g/mol. The maximum atomic E-state index is 14.4. The van der Waals surface area contributed by atoms with Crippen LogP contribution in [0.5, 0.6) is 0 Å². The third kappa shape index (κ3) is 4.06. The molecule has 0 radical (unpaired) electrons. The van der Waals surface area contributed by atoms with E-state index in [2.05, 4.69) is 0 Å². The highest BCUT2D eigenvalue weighted by molar-refractivity contribution is 6.01. The van der Waals surface area contributed by atoms with Crippen LogP contribution in [0.3, 0.4) is 0 Å². The van der Waals surface area contributed by atoms with Gasteiger partial charge in [0, 0.05) is 16.7 Å². The van der Waals surface area contributed by atoms with Gasteiger partial charge in [-0.25, -0.2) is 0 Å². The Morgan fingerprint density at radius 3 is 2.53 bits per heavy atom. The highest BCUT2D eigenvalue weighted by Crippen LogP contribution is 2.72. The topological polar surface area (TPSA) is 177 Å². The molecule has 2 saturated heterocycles. The fraction of sp³-hybridized carbons (Fsp3) is 0.828. The van der Waals surface area contributed by atoms with Crippen molar-refractivity contribution in [2.45, 2.75) is 109 Å². The van der Waals surface area contributed by atoms with Crippen molar-refractivity contribution in [2.75, 3.05) is 13.2 Å². The van der Waals surface area contributed by atoms with Gasteiger partial charge in [-0.3, -0.25) is 4.79 Å². The lowest BCUT2D eigenvalue weighted by atomic mass is 9.45. The first-order valence-corrected chi connectivity index (χ1v) is 15.2. The summed E-state index contributed by atoms with van der Waals surface area (Å²) in [7, 11) is 0. The maximum absolute atomic E-state index is 14.4. The quantitative estimate of drug-likeness (QED) is 0.244. The summed E-state index contributed by atoms with van der Waals surface area (Å²) < 4.78 is 19.8. The van der Waals surface area contributed by atoms with Crippen molar-refractivity contribution in [3.63, 3.8) is 0 Å². The van der Waals surface area contributed by atoms with Crippen LogP contribution in [0.1, 0.15) is 73.1 Å². The Kier molecular flexibility index (Phi) is 7.01. The number of ether oxygens (including phenoxy) is 3. The van der Waals surface area contributed by atoms with Crippen molar-refractivity contribution in [3.8, 4) is 0 Å². The van der Waals surface area contributed by atoms with Gasteiger partial charge >= 0.3 is 0 Å². The fourth-order valence-electron chi connectivity index (χ4n) is 10.0. The van der Waals surface area contributed by atoms with E-state index in [0.717, 1.165) is 12.0 Å². The molecule has 3 saturated carbocycles. The zero-order valence-corrected chi connectivity index (χ0v) is 25.2. The molecule has 43 heavy (non-hydrogen) atoms. The van der Waals surface area contributed by atoms with Gasteiger partial charge < -0.3 is 34.2 Å². The van der Waals surface area contributed by atoms with Crippen molar-refractivity contribution in [1.82, 2.24) is 0 Å². The number of hydroxylamine groups is 2. The summed E-state index contributed by atoms with van der Waals surface area (Å²) in [5.74, 6) is -0.733. The molecule has 6 aliphatic rings. The van der Waals surface area contributed by atoms with E-state index >= 15 is 0 Å². The molecule has 0 aromatic carbocycles. The van der Waals surface area contributed by atoms with Gasteiger partial charge in [-0.1, -0.05) is 38.8 Å². The summed E-state index contributed by atoms with van der Waals surface area (Å²) >= 11 is 0. The second kappa shape index (κ2) is 9.93. The summed E-state index contributed by atoms with van der Waals surface area (Å²) in [6.45, 7) is 8.70. The minimum absolute atomic E-state index is 0.00411. The van der Waals surface area contributed by atoms with Gasteiger partial charge in [-0.15, -0.1) is 20.2 Å². The molecular formula is C29H41N3O11. The maximum Gasteiger partial charge on any atom is 0.294 e. The SMILES string of the molecule is CCCC1O[C@@H]2CC3C4CCC5=CC(=O)C=C[C@]5(C)C4[C@@H](O[N+](=O)[O-])C[C@]3(C)[C@]2(C2(CO[N+](=O)[O-])OCC(C)(C)[NH+]2[O-])O1. The second-order valence-corrected chi connectivity index (χ2v) is 14.3. The number of nitrogens with zero attached hydrogens (tertiary/aromatic N) is 2. The van der Waals surface area contributed by atoms with Crippen molar-refractivity contribution < 1.29 is 43.9 Å². The van der Waals surface area contributed by atoms with Crippen molar-refractivity contribution in [1.29, 1.82) is 0 Å². The van der Waals surface area contributed by atoms with E-state index in [0.29, 0.717) is 25.7 Å². The number of ketones is 1. The molecule has 5 fully saturated rings. The van der Waals surface area contributed by atoms with E-state index in [-0.39, 0.29) is 41.6 Å². The number of carbonyl (C=O) groups is 1. The van der Waals surface area contributed by atoms with E-state index < -0.39 is 63.0 Å². The molecule has 0 amide bonds. The third-order valence-corrected chi connectivity index (χ3v) is 11.6. The molecule has 238 valence electrons. The van der Waals surface area contributed by atoms with Crippen molar-refractivity contribution >= 4 is 5.78 Å². The standard InChI is InChI=1S/C29H41N3O11/c1-6-7-23-41-22-13-20-19-9-8-17-12-18(33)10-11-26(17,4)24(19)21(43-32(37)38)14-27(20,5)29(22,42-23)28(16-40-31(35)36)30(34)25(2,3)15-39-28/h10-12,19-24,30H,6-9,13-16H2,1-5H3/t19?,20?,21-,22+,23?,24?,26-,27-,28?,29+/m0/s1. The van der Waals surface area contributed by atoms with Gasteiger partial charge in [0.2, 0.25) is 0 Å². The lowest BCUT2D eigenvalue weighted by Gasteiger charge is -2.62. The first-order valence-electron chi connectivity index (χ1n) is 15.2. The summed E-state index contributed by atoms with van der Waals surface area (Å²) in [5, 5.41) is 35.9. The summed E-state index contributed by atoms with van der Waals surface area (Å²) in [5.41, 5.74) is -5.15. The Balaban J connectivity index is 1.52. The van der Waals surface area contributed by atoms with Crippen molar-refractivity contribution in [2.24, 2.45) is 28.6 Å². The summed E-state index contributed by atoms with van der Waals surface area (Å²) in [6.07, 6.45) is 5.81. The first kappa shape index (κ1) is 30.4. The molecule has 0 bridgehead atoms. The van der Waals surface area contributed by atoms with Crippen LogP contribution >= 0.6 is 0 Å². The number of allylic oxidation sites excluding steroid dienone is 4. The normalized spacial score (nSPS) is 47.6. The zero-order chi connectivity index (χ0) is 31.2. The van der Waals surface area contributed by atoms with E-state index in [9.17, 15) is 30.2 Å². The lowest BCUT2D eigenvalue weighted by molar-refractivity contribution is -0.968. The predicted molar refractivity (Wildman–Crippen MR) is 147 cm³/mol. The van der Waals surface area contributed by atoms with E-state index in [4.69, 9.17) is 23.9 Å². The van der Waals surface area contributed by atoms with Gasteiger partial charge in [-0.05, 0) is 69.9 Å². The average molecular weight is 608 g/mol. The van der Waals surface area contributed by atoms with Crippen LogP contribution in [-0.2, 0) is 28.7 Å². The molecule has 11 atom stereocenters. The first-order chi connectivity index (χ1) is 20.1. The van der Waals surface area contributed by atoms with Crippen LogP contribution in [-0.4, -0.2) is 64.5 Å². The minimum Gasteiger partial charge on any atom is -0.632 e. The highest BCUT2D eigenvalue weighted by Gasteiger charge is 2.84. The number of fused-ring (bicyclic) bond motifs is 7. The van der Waals surface area contributed by atoms with Crippen LogP contribution < -0.4 is 5.06 Å². The lowest BCUT2D eigenvalue weighted by Crippen LogP contribution is -3.24. The largest absolute Gasteiger partial charge is 0.632 e. The predicted octanol–water partition coefficient (Wildman–Crippen LogP) is 2.47. The molecule has 6 unspecified atom stereocenters. The Bertz CT molecular complexity index is 1270. The summed E-state index contributed by atoms with van der Waals surface area (Å²) in [6, 6.07) is 0. The van der Waals surface area contributed by atoms with Crippen LogP contribution in [0, 0.1) is 54.0 Å². The van der Waals surface area contributed by atoms with E-state index in [1.165, 1.54) is 6.08 Å². The molecule has 0 aromatic rings. The number of hydrogen-bond acceptors (Lipinski definition) is 11. The molecule has 14 nitrogen and oxygen atoms in total. The van der Waals surface area contributed by atoms with E-state index in [1.54, 1.807) is 19.9 Å². The second-order valence-electron chi connectivity index (χ2n) is 14.3. The number of quaternary nitrogens is 1. The van der Waals surface area contributed by atoms with Gasteiger partial charge in [0.15, 0.2) is 24.3 Å². The number of hydrogen-bond donors (Lipinski definition) is 1. The molecule has 6 rings (SSSR count). The molecule has 1 N–H and O–H groups in total. The molecule has 0 spiro atoms. The van der Waals surface area contributed by atoms with Gasteiger partial charge in [0.25, 0.3) is 15.9 Å². The molecule has 4 aliphatic carbocycles. The number of nitrogens with one attached hydrogen (secondary N) is 1. The molecule has 2 aliphatic heterocycles. The number of carbonyl (C=O) groups excluding carboxylic acids is 1. The highest BCUT2D eigenvalue weighted by atomic mass is 17.0. The Labute approximate surface area is 249 Å². The average Bonchev–Trinajstić information content (AvgIpc) is 3.49. The summed E-state index contributed by atoms with van der Waals surface area (Å²) in [4.78, 5) is 46.4. The Morgan fingerprint density at radius 2 is 1.91 bits per heavy atom. The van der Waals surface area contributed by atoms with Gasteiger partial charge in [-0.2, -0.15) is 0 Å². The Morgan fingerprint density at radius 1 is 1.16 bits per heavy atom. The smallest absolute Gasteiger partial charge is 0.294 e. The fourth-order valence-corrected chi connectivity index (χ4v) is 10.0. The van der Waals surface area contributed by atoms with Crippen molar-refractivity contribution in [3.05, 3.63) is 49.2 Å². The van der Waals surface area contributed by atoms with Crippen LogP contribution in [0.15, 0.2) is 23.8 Å². The zero-order valence-electron chi connectivity index (χ0n) is 25.2. The number of rotatable bonds is 8. The molecule has 14 heteroatoms. The third-order valence-electron chi connectivity index (χ3n) is 11.6. The monoisotopic (exact) mass is 607 g/mol. The molecule has 2 heterocycles. The minimum atomic E-state index is -1.90. The van der Waals surface area contributed by atoms with E-state index in [1.807, 2.05) is 26.8 Å². The van der Waals surface area contributed by atoms with Crippen LogP contribution in [0.25, 0.3) is 0 Å². The van der Waals surface area contributed by atoms with Gasteiger partial charge in [0.1, 0.15) is 18.2 Å². The Hall–Kier alpha value is -2.65. The van der Waals surface area contributed by atoms with Crippen LogP contribution in [0.4, 0.5) is 0 Å². The molecule has 0 aromatic heterocycles.